The molecule has 1 nitrogen and oxygen atoms in total. The molecule has 3 heteroatoms. The minimum absolute atomic E-state index is 0. The molecule has 0 aromatic heterocycles. The summed E-state index contributed by atoms with van der Waals surface area (Å²) in [5, 5.41) is 9.22. The zero-order valence-electron chi connectivity index (χ0n) is 2.69. The molecule has 0 heterocycles. The number of hydrogen-bond donors (Lipinski definition) is 0. The van der Waals surface area contributed by atoms with Crippen LogP contribution < -0.4 is 0 Å². The zero-order chi connectivity index (χ0) is 3.41. The standard InChI is InChI=1S/CHNS.Co/c2-1-3;/h3H;/q;+1. The maximum atomic E-state index is 7.51. The van der Waals surface area contributed by atoms with E-state index in [4.69, 9.17) is 5.26 Å². The van der Waals surface area contributed by atoms with E-state index in [1.54, 1.807) is 5.40 Å². The maximum Gasteiger partial charge on any atom is 1.00 e. The molecule has 0 amide bonds. The van der Waals surface area contributed by atoms with E-state index in [0.717, 1.165) is 10.2 Å². The molecule has 0 spiro atoms. The summed E-state index contributed by atoms with van der Waals surface area (Å²) in [6.07, 6.45) is 0. The van der Waals surface area contributed by atoms with Gasteiger partial charge in [-0.1, -0.05) is 0 Å². The van der Waals surface area contributed by atoms with Crippen LogP contribution in [0.3, 0.4) is 0 Å². The first-order valence-electron chi connectivity index (χ1n) is 0.564. The molecule has 0 saturated carbocycles. The number of nitrogens with zero attached hydrogens (tertiary/aromatic N) is 1. The summed E-state index contributed by atoms with van der Waals surface area (Å²) in [6.45, 7) is 0. The van der Waals surface area contributed by atoms with Crippen LogP contribution in [-0.2, 0) is 14.6 Å². The predicted molar refractivity (Wildman–Crippen MR) is 14.3 cm³/mol. The summed E-state index contributed by atoms with van der Waals surface area (Å²) in [5.74, 6) is 0. The van der Waals surface area contributed by atoms with Crippen LogP contribution in [0.1, 0.15) is 1.43 Å². The van der Waals surface area contributed by atoms with Crippen LogP contribution in [0.4, 0.5) is 0 Å². The summed E-state index contributed by atoms with van der Waals surface area (Å²) >= 11 is 3.52. The van der Waals surface area contributed by atoms with Crippen molar-refractivity contribution in [3.8, 4) is 5.40 Å². The second-order valence-electron chi connectivity index (χ2n) is 0.159. The number of hydrogen-bond acceptors (Lipinski definition) is 2. The van der Waals surface area contributed by atoms with Crippen LogP contribution in [0, 0.1) is 10.7 Å². The molecule has 24 valence electrons. The molecule has 0 bridgehead atoms. The Labute approximate surface area is 37.5 Å². The monoisotopic (exact) mass is 118 g/mol. The van der Waals surface area contributed by atoms with Crippen molar-refractivity contribution < 1.29 is 16.1 Å². The Morgan fingerprint density at radius 1 is 2.25 bits per heavy atom. The largest absolute Gasteiger partial charge is 1.00 e. The zero-order valence-corrected chi connectivity index (χ0v) is 3.55. The molecule has 0 aromatic rings. The number of thiocyanates is 1. The molecule has 0 aliphatic carbocycles. The Balaban J connectivity index is 0. The Morgan fingerprint density at radius 3 is 2.50 bits per heavy atom. The van der Waals surface area contributed by atoms with E-state index in [0.29, 0.717) is 0 Å². The van der Waals surface area contributed by atoms with Crippen LogP contribution in [0.2, 0.25) is 0 Å². The summed E-state index contributed by atoms with van der Waals surface area (Å²) < 4.78 is 0. The second kappa shape index (κ2) is 3.35. The van der Waals surface area contributed by atoms with Crippen molar-refractivity contribution in [2.24, 2.45) is 0 Å². The molecular weight excluding hydrogens is 117 g/mol. The van der Waals surface area contributed by atoms with Gasteiger partial charge in [0, 0.05) is 0 Å². The van der Waals surface area contributed by atoms with Gasteiger partial charge in [0.1, 0.15) is 0 Å². The van der Waals surface area contributed by atoms with Gasteiger partial charge in [-0.2, -0.15) is 0 Å². The first kappa shape index (κ1) is 4.35. The quantitative estimate of drug-likeness (QED) is 0.439. The van der Waals surface area contributed by atoms with Crippen molar-refractivity contribution >= 4 is 10.2 Å². The van der Waals surface area contributed by atoms with E-state index in [1.165, 1.54) is 0 Å². The average molecular weight is 118 g/mol. The van der Waals surface area contributed by atoms with Gasteiger partial charge in [-0.05, 0) is 0 Å². The molecular formula is CHCoNS+. The van der Waals surface area contributed by atoms with Gasteiger partial charge in [0.25, 0.3) is 0 Å². The minimum atomic E-state index is 0. The molecule has 4 heavy (non-hydrogen) atoms. The van der Waals surface area contributed by atoms with E-state index in [9.17, 15) is 0 Å². The van der Waals surface area contributed by atoms with Gasteiger partial charge in [-0.25, -0.2) is 0 Å². The van der Waals surface area contributed by atoms with Crippen molar-refractivity contribution in [1.82, 2.24) is 0 Å². The van der Waals surface area contributed by atoms with Crippen LogP contribution in [-0.4, -0.2) is 0 Å². The first-order chi connectivity index (χ1) is 1.91. The third-order valence-electron chi connectivity index (χ3n) is 0.0304. The molecule has 0 fully saturated rings. The molecule has 0 aliphatic rings. The normalized spacial score (nSPS) is 5.25. The Hall–Kier alpha value is 0.346. The molecule has 0 saturated heterocycles. The third-order valence-corrected chi connectivity index (χ3v) is 0.376. The van der Waals surface area contributed by atoms with Crippen LogP contribution in [0.25, 0.3) is 0 Å². The van der Waals surface area contributed by atoms with Gasteiger partial charge in [0.15, 0.2) is 0 Å². The van der Waals surface area contributed by atoms with E-state index >= 15 is 0 Å². The third kappa shape index (κ3) is 2.35. The molecule has 0 radical (unpaired) electrons. The average Bonchev–Trinajstić information content (AvgIpc) is 1.37. The Morgan fingerprint density at radius 2 is 2.50 bits per heavy atom. The van der Waals surface area contributed by atoms with Crippen LogP contribution in [0.15, 0.2) is 0 Å². The molecule has 0 atom stereocenters. The van der Waals surface area contributed by atoms with Gasteiger partial charge in [0.2, 0.25) is 0 Å². The fraction of sp³-hybridized carbons (Fsp3) is 0. The van der Waals surface area contributed by atoms with E-state index in [1.807, 2.05) is 0 Å². The van der Waals surface area contributed by atoms with Gasteiger partial charge < -0.3 is 0 Å². The number of nitriles is 1. The topological polar surface area (TPSA) is 23.8 Å². The van der Waals surface area contributed by atoms with Crippen molar-refractivity contribution in [3.05, 3.63) is 0 Å². The SMILES string of the molecule is N#C[S][Co].[H+]. The predicted octanol–water partition coefficient (Wildman–Crippen LogP) is 0.775. The minimum Gasteiger partial charge on any atom is 1.00 e. The maximum absolute atomic E-state index is 7.51. The molecule has 0 aromatic carbocycles. The van der Waals surface area contributed by atoms with Crippen LogP contribution in [0.5, 0.6) is 0 Å². The van der Waals surface area contributed by atoms with Gasteiger partial charge in [0.05, 0.1) is 0 Å². The van der Waals surface area contributed by atoms with Gasteiger partial charge in [-0.3, -0.25) is 0 Å². The smallest absolute Gasteiger partial charge is 1.00 e. The van der Waals surface area contributed by atoms with E-state index < -0.39 is 0 Å². The Kier molecular flexibility index (Phi) is 3.64. The van der Waals surface area contributed by atoms with Crippen molar-refractivity contribution in [3.63, 3.8) is 0 Å². The van der Waals surface area contributed by atoms with Crippen molar-refractivity contribution in [2.75, 3.05) is 0 Å². The fourth-order valence-corrected chi connectivity index (χ4v) is 0. The van der Waals surface area contributed by atoms with Crippen molar-refractivity contribution in [1.29, 1.82) is 5.26 Å². The molecule has 0 rings (SSSR count). The second-order valence-corrected chi connectivity index (χ2v) is 1.12. The first-order valence-corrected chi connectivity index (χ1v) is 2.52. The van der Waals surface area contributed by atoms with E-state index in [-0.39, 0.29) is 1.43 Å². The summed E-state index contributed by atoms with van der Waals surface area (Å²) in [4.78, 5) is 0. The van der Waals surface area contributed by atoms with Crippen molar-refractivity contribution in [2.45, 2.75) is 0 Å². The summed E-state index contributed by atoms with van der Waals surface area (Å²) in [7, 11) is 0.850. The molecule has 0 N–H and O–H groups in total. The molecule has 0 aliphatic heterocycles. The molecule has 0 unspecified atom stereocenters. The van der Waals surface area contributed by atoms with Gasteiger partial charge in [-0.15, -0.1) is 0 Å². The summed E-state index contributed by atoms with van der Waals surface area (Å²) in [5.41, 5.74) is 0. The Bertz CT molecular complexity index is 41.4. The van der Waals surface area contributed by atoms with Gasteiger partial charge >= 0.3 is 36.9 Å². The number of rotatable bonds is 0. The summed E-state index contributed by atoms with van der Waals surface area (Å²) in [6, 6.07) is 0. The van der Waals surface area contributed by atoms with E-state index in [2.05, 4.69) is 14.6 Å². The van der Waals surface area contributed by atoms with Crippen LogP contribution >= 0.6 is 10.2 Å². The fourth-order valence-electron chi connectivity index (χ4n) is 0.